The van der Waals surface area contributed by atoms with Crippen LogP contribution in [0.15, 0.2) is 18.7 Å². The molecule has 0 radical (unpaired) electrons. The maximum atomic E-state index is 12.0. The highest BCUT2D eigenvalue weighted by Crippen LogP contribution is 2.15. The summed E-state index contributed by atoms with van der Waals surface area (Å²) in [5.74, 6) is 0. The number of hydrogen-bond donors (Lipinski definition) is 0. The smallest absolute Gasteiger partial charge is 0.298 e. The molecular formula is C8H11F3N3O+. The van der Waals surface area contributed by atoms with Crippen LogP contribution in [0.1, 0.15) is 0 Å². The molecule has 84 valence electrons. The summed E-state index contributed by atoms with van der Waals surface area (Å²) in [7, 11) is 2.78. The minimum Gasteiger partial charge on any atom is -0.298 e. The van der Waals surface area contributed by atoms with Gasteiger partial charge >= 0.3 is 12.2 Å². The van der Waals surface area contributed by atoms with Gasteiger partial charge in [-0.3, -0.25) is 4.90 Å². The van der Waals surface area contributed by atoms with Gasteiger partial charge in [0.25, 0.3) is 6.33 Å². The first-order valence-electron chi connectivity index (χ1n) is 4.15. The zero-order valence-electron chi connectivity index (χ0n) is 8.32. The SMILES string of the molecule is CN(CC(F)(F)F)C(=O)n1cc[n+](C)c1. The van der Waals surface area contributed by atoms with Gasteiger partial charge in [0.15, 0.2) is 0 Å². The van der Waals surface area contributed by atoms with Gasteiger partial charge < -0.3 is 0 Å². The lowest BCUT2D eigenvalue weighted by Gasteiger charge is -2.15. The van der Waals surface area contributed by atoms with Crippen molar-refractivity contribution >= 4 is 6.03 Å². The van der Waals surface area contributed by atoms with Crippen LogP contribution in [0.2, 0.25) is 0 Å². The average molecular weight is 222 g/mol. The number of carbonyl (C=O) groups is 1. The number of rotatable bonds is 1. The van der Waals surface area contributed by atoms with Crippen molar-refractivity contribution in [3.63, 3.8) is 0 Å². The first-order chi connectivity index (χ1) is 6.79. The number of carbonyl (C=O) groups excluding carboxylic acids is 1. The molecule has 4 nitrogen and oxygen atoms in total. The van der Waals surface area contributed by atoms with Crippen molar-refractivity contribution in [2.24, 2.45) is 7.05 Å². The lowest BCUT2D eigenvalue weighted by atomic mass is 10.5. The van der Waals surface area contributed by atoms with Crippen molar-refractivity contribution in [2.75, 3.05) is 13.6 Å². The van der Waals surface area contributed by atoms with Crippen LogP contribution in [-0.4, -0.2) is 35.3 Å². The number of amides is 1. The Balaban J connectivity index is 2.69. The molecule has 0 aliphatic heterocycles. The van der Waals surface area contributed by atoms with E-state index in [0.29, 0.717) is 4.90 Å². The molecular weight excluding hydrogens is 211 g/mol. The van der Waals surface area contributed by atoms with Gasteiger partial charge in [-0.1, -0.05) is 0 Å². The van der Waals surface area contributed by atoms with Gasteiger partial charge in [-0.25, -0.2) is 9.36 Å². The Bertz CT molecular complexity index is 358. The Labute approximate surface area is 84.5 Å². The van der Waals surface area contributed by atoms with Gasteiger partial charge in [-0.05, 0) is 0 Å². The summed E-state index contributed by atoms with van der Waals surface area (Å²) in [6.45, 7) is -1.26. The van der Waals surface area contributed by atoms with Crippen LogP contribution in [0.5, 0.6) is 0 Å². The number of aryl methyl sites for hydroxylation is 1. The summed E-state index contributed by atoms with van der Waals surface area (Å²) < 4.78 is 38.6. The molecule has 1 aromatic rings. The molecule has 0 fully saturated rings. The second-order valence-corrected chi connectivity index (χ2v) is 3.24. The van der Waals surface area contributed by atoms with Crippen LogP contribution >= 0.6 is 0 Å². The van der Waals surface area contributed by atoms with E-state index in [-0.39, 0.29) is 0 Å². The minimum atomic E-state index is -4.38. The number of imidazole rings is 1. The first-order valence-corrected chi connectivity index (χ1v) is 4.15. The highest BCUT2D eigenvalue weighted by molar-refractivity contribution is 5.76. The van der Waals surface area contributed by atoms with Crippen LogP contribution in [0, 0.1) is 0 Å². The molecule has 1 aromatic heterocycles. The van der Waals surface area contributed by atoms with Crippen molar-refractivity contribution in [2.45, 2.75) is 6.18 Å². The zero-order valence-corrected chi connectivity index (χ0v) is 8.32. The molecule has 1 rings (SSSR count). The van der Waals surface area contributed by atoms with Gasteiger partial charge in [0.05, 0.1) is 7.05 Å². The summed E-state index contributed by atoms with van der Waals surface area (Å²) in [6, 6.07) is -0.715. The number of halogens is 3. The lowest BCUT2D eigenvalue weighted by Crippen LogP contribution is -2.38. The molecule has 0 N–H and O–H groups in total. The second-order valence-electron chi connectivity index (χ2n) is 3.24. The number of hydrogen-bond acceptors (Lipinski definition) is 1. The van der Waals surface area contributed by atoms with E-state index in [1.54, 1.807) is 17.8 Å². The molecule has 0 atom stereocenters. The number of alkyl halides is 3. The Morgan fingerprint density at radius 3 is 2.53 bits per heavy atom. The van der Waals surface area contributed by atoms with Gasteiger partial charge in [-0.15, -0.1) is 0 Å². The maximum Gasteiger partial charge on any atom is 0.415 e. The molecule has 0 aliphatic rings. The van der Waals surface area contributed by atoms with E-state index >= 15 is 0 Å². The third kappa shape index (κ3) is 3.26. The van der Waals surface area contributed by atoms with Crippen LogP contribution in [-0.2, 0) is 7.05 Å². The lowest BCUT2D eigenvalue weighted by molar-refractivity contribution is -0.670. The third-order valence-corrected chi connectivity index (χ3v) is 1.73. The van der Waals surface area contributed by atoms with E-state index in [0.717, 1.165) is 11.6 Å². The first kappa shape index (κ1) is 11.5. The largest absolute Gasteiger partial charge is 0.415 e. The van der Waals surface area contributed by atoms with E-state index in [2.05, 4.69) is 0 Å². The standard InChI is InChI=1S/C8H11F3N3O/c1-12-3-4-14(6-12)7(15)13(2)5-8(9,10)11/h3-4,6H,5H2,1-2H3/q+1. The Kier molecular flexibility index (Phi) is 3.01. The number of nitrogens with zero attached hydrogens (tertiary/aromatic N) is 3. The summed E-state index contributed by atoms with van der Waals surface area (Å²) in [5.41, 5.74) is 0. The van der Waals surface area contributed by atoms with E-state index in [4.69, 9.17) is 0 Å². The normalized spacial score (nSPS) is 11.5. The average Bonchev–Trinajstić information content (AvgIpc) is 2.47. The van der Waals surface area contributed by atoms with Crippen molar-refractivity contribution in [1.29, 1.82) is 0 Å². The van der Waals surface area contributed by atoms with E-state index in [1.165, 1.54) is 12.5 Å². The van der Waals surface area contributed by atoms with Crippen LogP contribution in [0.3, 0.4) is 0 Å². The van der Waals surface area contributed by atoms with Crippen molar-refractivity contribution < 1.29 is 22.5 Å². The highest BCUT2D eigenvalue weighted by Gasteiger charge is 2.33. The fraction of sp³-hybridized carbons (Fsp3) is 0.500. The monoisotopic (exact) mass is 222 g/mol. The molecule has 0 saturated carbocycles. The van der Waals surface area contributed by atoms with Crippen molar-refractivity contribution in [3.8, 4) is 0 Å². The topological polar surface area (TPSA) is 29.1 Å². The summed E-state index contributed by atoms with van der Waals surface area (Å²) in [5, 5.41) is 0. The fourth-order valence-corrected chi connectivity index (χ4v) is 1.10. The van der Waals surface area contributed by atoms with Gasteiger partial charge in [0, 0.05) is 7.05 Å². The van der Waals surface area contributed by atoms with Crippen molar-refractivity contribution in [3.05, 3.63) is 18.7 Å². The Morgan fingerprint density at radius 1 is 1.53 bits per heavy atom. The van der Waals surface area contributed by atoms with Gasteiger partial charge in [0.1, 0.15) is 18.9 Å². The zero-order chi connectivity index (χ0) is 11.6. The number of aromatic nitrogens is 2. The molecule has 0 aliphatic carbocycles. The molecule has 1 heterocycles. The van der Waals surface area contributed by atoms with Crippen LogP contribution < -0.4 is 4.57 Å². The second kappa shape index (κ2) is 3.92. The van der Waals surface area contributed by atoms with E-state index in [9.17, 15) is 18.0 Å². The summed E-state index contributed by atoms with van der Waals surface area (Å²) >= 11 is 0. The molecule has 1 amide bonds. The molecule has 0 bridgehead atoms. The maximum absolute atomic E-state index is 12.0. The molecule has 0 saturated heterocycles. The highest BCUT2D eigenvalue weighted by atomic mass is 19.4. The fourth-order valence-electron chi connectivity index (χ4n) is 1.10. The predicted octanol–water partition coefficient (Wildman–Crippen LogP) is 0.775. The van der Waals surface area contributed by atoms with Gasteiger partial charge in [-0.2, -0.15) is 17.7 Å². The molecule has 0 aromatic carbocycles. The third-order valence-electron chi connectivity index (χ3n) is 1.73. The summed E-state index contributed by atoms with van der Waals surface area (Å²) in [6.07, 6.45) is -0.0104. The molecule has 7 heteroatoms. The minimum absolute atomic E-state index is 0.611. The van der Waals surface area contributed by atoms with E-state index in [1.807, 2.05) is 0 Å². The van der Waals surface area contributed by atoms with E-state index < -0.39 is 18.8 Å². The van der Waals surface area contributed by atoms with Crippen LogP contribution in [0.25, 0.3) is 0 Å². The van der Waals surface area contributed by atoms with Crippen molar-refractivity contribution in [1.82, 2.24) is 9.47 Å². The Hall–Kier alpha value is -1.53. The molecule has 0 unspecified atom stereocenters. The summed E-state index contributed by atoms with van der Waals surface area (Å²) in [4.78, 5) is 12.0. The predicted molar refractivity (Wildman–Crippen MR) is 45.1 cm³/mol. The van der Waals surface area contributed by atoms with Crippen LogP contribution in [0.4, 0.5) is 18.0 Å². The molecule has 0 spiro atoms. The molecule has 15 heavy (non-hydrogen) atoms. The quantitative estimate of drug-likeness (QED) is 0.645. The van der Waals surface area contributed by atoms with Gasteiger partial charge in [0.2, 0.25) is 0 Å². The Morgan fingerprint density at radius 2 is 2.13 bits per heavy atom.